The van der Waals surface area contributed by atoms with E-state index in [1.165, 1.54) is 0 Å². The highest BCUT2D eigenvalue weighted by Gasteiger charge is 2.30. The van der Waals surface area contributed by atoms with Gasteiger partial charge in [0.05, 0.1) is 37.2 Å². The second-order valence-electron chi connectivity index (χ2n) is 12.1. The molecular weight excluding hydrogens is 625 g/mol. The van der Waals surface area contributed by atoms with Gasteiger partial charge in [-0.25, -0.2) is 8.78 Å². The van der Waals surface area contributed by atoms with E-state index in [4.69, 9.17) is 9.72 Å². The van der Waals surface area contributed by atoms with Crippen molar-refractivity contribution >= 4 is 34.9 Å². The smallest absolute Gasteiger partial charge is 0.251 e. The number of anilines is 2. The van der Waals surface area contributed by atoms with Crippen LogP contribution in [0, 0.1) is 12.8 Å². The molecule has 7 nitrogen and oxygen atoms in total. The van der Waals surface area contributed by atoms with E-state index < -0.39 is 6.43 Å². The number of rotatable bonds is 8. The van der Waals surface area contributed by atoms with Gasteiger partial charge in [-0.05, 0) is 80.7 Å². The van der Waals surface area contributed by atoms with E-state index in [0.29, 0.717) is 26.3 Å². The van der Waals surface area contributed by atoms with E-state index in [1.54, 1.807) is 29.6 Å². The topological polar surface area (TPSA) is 73.5 Å². The summed E-state index contributed by atoms with van der Waals surface area (Å²) in [6.45, 7) is 6.04. The van der Waals surface area contributed by atoms with Crippen LogP contribution in [0.5, 0.6) is 0 Å². The maximum Gasteiger partial charge on any atom is 0.251 e. The minimum Gasteiger partial charge on any atom is -0.378 e. The van der Waals surface area contributed by atoms with Gasteiger partial charge in [-0.3, -0.25) is 14.7 Å². The summed E-state index contributed by atoms with van der Waals surface area (Å²) in [6, 6.07) is 20.6. The number of nitrogens with zero attached hydrogens (tertiary/aromatic N) is 3. The lowest BCUT2D eigenvalue weighted by molar-refractivity contribution is 0.0666. The van der Waals surface area contributed by atoms with E-state index in [2.05, 4.69) is 63.7 Å². The minimum atomic E-state index is -2.31. The van der Waals surface area contributed by atoms with Crippen molar-refractivity contribution in [2.24, 2.45) is 5.92 Å². The number of aryl methyl sites for hydroxylation is 1. The summed E-state index contributed by atoms with van der Waals surface area (Å²) in [7, 11) is 0. The second kappa shape index (κ2) is 13.8. The predicted molar refractivity (Wildman–Crippen MR) is 181 cm³/mol. The van der Waals surface area contributed by atoms with Crippen molar-refractivity contribution in [1.29, 1.82) is 0 Å². The molecule has 5 heterocycles. The number of halogens is 2. The Morgan fingerprint density at radius 2 is 1.80 bits per heavy atom. The molecule has 0 radical (unpaired) electrons. The Balaban J connectivity index is 1.13. The van der Waals surface area contributed by atoms with Crippen LogP contribution in [0.3, 0.4) is 0 Å². The van der Waals surface area contributed by atoms with Gasteiger partial charge in [0.2, 0.25) is 5.56 Å². The molecule has 0 bridgehead atoms. The van der Waals surface area contributed by atoms with Crippen LogP contribution in [0.4, 0.5) is 20.2 Å². The molecule has 7 rings (SSSR count). The number of nitrogens with one attached hydrogen (secondary N) is 2. The molecule has 0 amide bonds. The molecule has 46 heavy (non-hydrogen) atoms. The fourth-order valence-electron chi connectivity index (χ4n) is 6.52. The van der Waals surface area contributed by atoms with Crippen LogP contribution >= 0.6 is 23.5 Å². The third-order valence-corrected chi connectivity index (χ3v) is 11.5. The fourth-order valence-corrected chi connectivity index (χ4v) is 8.93. The summed E-state index contributed by atoms with van der Waals surface area (Å²) in [6.07, 6.45) is 1.26. The highest BCUT2D eigenvalue weighted by molar-refractivity contribution is 8.05. The number of aromatic nitrogens is 2. The number of hydrogen-bond donors (Lipinski definition) is 2. The molecule has 1 unspecified atom stereocenters. The number of benzene rings is 2. The van der Waals surface area contributed by atoms with Crippen LogP contribution in [0.1, 0.15) is 30.1 Å². The first-order valence-corrected chi connectivity index (χ1v) is 17.4. The minimum absolute atomic E-state index is 0.0250. The van der Waals surface area contributed by atoms with Crippen LogP contribution in [0.15, 0.2) is 91.2 Å². The first-order valence-electron chi connectivity index (χ1n) is 15.8. The third kappa shape index (κ3) is 6.97. The highest BCUT2D eigenvalue weighted by Crippen LogP contribution is 2.52. The van der Waals surface area contributed by atoms with Crippen molar-refractivity contribution in [1.82, 2.24) is 14.9 Å². The number of pyridine rings is 2. The number of alkyl halides is 2. The van der Waals surface area contributed by atoms with Gasteiger partial charge >= 0.3 is 0 Å². The molecule has 11 heteroatoms. The van der Waals surface area contributed by atoms with Crippen molar-refractivity contribution in [3.8, 4) is 11.3 Å². The van der Waals surface area contributed by atoms with Crippen LogP contribution in [0.2, 0.25) is 0 Å². The van der Waals surface area contributed by atoms with Crippen molar-refractivity contribution in [3.63, 3.8) is 0 Å². The number of H-pyrrole nitrogens is 1. The largest absolute Gasteiger partial charge is 0.378 e. The van der Waals surface area contributed by atoms with Gasteiger partial charge in [-0.15, -0.1) is 0 Å². The second-order valence-corrected chi connectivity index (χ2v) is 14.3. The summed E-state index contributed by atoms with van der Waals surface area (Å²) < 4.78 is 31.5. The number of hydrogen-bond acceptors (Lipinski definition) is 8. The van der Waals surface area contributed by atoms with Gasteiger partial charge in [0, 0.05) is 61.9 Å². The molecule has 240 valence electrons. The quantitative estimate of drug-likeness (QED) is 0.179. The zero-order valence-corrected chi connectivity index (χ0v) is 27.3. The first kappa shape index (κ1) is 31.2. The third-order valence-electron chi connectivity index (χ3n) is 8.92. The summed E-state index contributed by atoms with van der Waals surface area (Å²) in [4.78, 5) is 29.3. The van der Waals surface area contributed by atoms with E-state index in [1.807, 2.05) is 24.1 Å². The van der Waals surface area contributed by atoms with Crippen LogP contribution in [0.25, 0.3) is 11.3 Å². The van der Waals surface area contributed by atoms with Gasteiger partial charge < -0.3 is 19.9 Å². The molecule has 2 fully saturated rings. The van der Waals surface area contributed by atoms with E-state index in [9.17, 15) is 13.6 Å². The average molecular weight is 662 g/mol. The first-order chi connectivity index (χ1) is 22.4. The molecule has 2 N–H and O–H groups in total. The van der Waals surface area contributed by atoms with Crippen LogP contribution in [-0.2, 0) is 4.74 Å². The number of morpholine rings is 1. The van der Waals surface area contributed by atoms with Crippen molar-refractivity contribution < 1.29 is 13.5 Å². The predicted octanol–water partition coefficient (Wildman–Crippen LogP) is 7.33. The summed E-state index contributed by atoms with van der Waals surface area (Å²) in [5.74, 6) is 0.279. The van der Waals surface area contributed by atoms with Gasteiger partial charge in [0.1, 0.15) is 0 Å². The Morgan fingerprint density at radius 1 is 0.978 bits per heavy atom. The Kier molecular flexibility index (Phi) is 9.35. The number of fused-ring (bicyclic) bond motifs is 2. The number of aromatic amines is 1. The monoisotopic (exact) mass is 661 g/mol. The van der Waals surface area contributed by atoms with Gasteiger partial charge in [0.15, 0.2) is 0 Å². The standard InChI is InChI=1S/C35H37F2N5O2S2/c1-22-5-7-27(38-20-22)34(23-9-11-41(12-10-23)21-32(36)37)39-24-6-8-29-31(17-24)45-30-4-2-3-26(35(30)46-29)28-18-25(19-33(43)40-28)42-13-15-44-16-14-42/h2-8,17-20,23,32,34,39H,9-16,21H2,1H3,(H,40,43). The molecule has 4 aromatic rings. The number of likely N-dealkylation sites (tertiary alicyclic amines) is 1. The van der Waals surface area contributed by atoms with Crippen LogP contribution in [-0.4, -0.2) is 67.2 Å². The number of ether oxygens (including phenoxy) is 1. The Bertz CT molecular complexity index is 1740. The van der Waals surface area contributed by atoms with Crippen molar-refractivity contribution in [2.75, 3.05) is 56.2 Å². The number of piperidine rings is 1. The molecular formula is C35H37F2N5O2S2. The van der Waals surface area contributed by atoms with E-state index >= 15 is 0 Å². The summed E-state index contributed by atoms with van der Waals surface area (Å²) in [5, 5.41) is 3.79. The fraction of sp³-hybridized carbons (Fsp3) is 0.371. The lowest BCUT2D eigenvalue weighted by atomic mass is 9.87. The summed E-state index contributed by atoms with van der Waals surface area (Å²) in [5.41, 5.74) is 5.72. The highest BCUT2D eigenvalue weighted by atomic mass is 32.2. The Morgan fingerprint density at radius 3 is 2.57 bits per heavy atom. The van der Waals surface area contributed by atoms with Gasteiger partial charge in [0.25, 0.3) is 6.43 Å². The molecule has 0 spiro atoms. The Labute approximate surface area is 276 Å². The Hall–Kier alpha value is -3.38. The molecule has 2 saturated heterocycles. The van der Waals surface area contributed by atoms with Crippen LogP contribution < -0.4 is 15.8 Å². The molecule has 0 aliphatic carbocycles. The van der Waals surface area contributed by atoms with E-state index in [-0.39, 0.29) is 24.1 Å². The lowest BCUT2D eigenvalue weighted by Crippen LogP contribution is -2.39. The normalized spacial score (nSPS) is 17.9. The molecule has 1 atom stereocenters. The molecule has 3 aliphatic heterocycles. The average Bonchev–Trinajstić information content (AvgIpc) is 3.07. The maximum atomic E-state index is 13.0. The molecule has 2 aromatic carbocycles. The molecule has 2 aromatic heterocycles. The van der Waals surface area contributed by atoms with Gasteiger partial charge in [-0.2, -0.15) is 0 Å². The van der Waals surface area contributed by atoms with E-state index in [0.717, 1.165) is 79.4 Å². The molecule has 3 aliphatic rings. The zero-order valence-electron chi connectivity index (χ0n) is 25.7. The maximum absolute atomic E-state index is 13.0. The zero-order chi connectivity index (χ0) is 31.6. The SMILES string of the molecule is Cc1ccc(C(Nc2ccc3c(c2)Sc2cccc(-c4cc(N5CCOCC5)cc(=O)[nH]4)c2S3)C2CCN(CC(F)F)CC2)nc1. The molecule has 0 saturated carbocycles. The van der Waals surface area contributed by atoms with Crippen molar-refractivity contribution in [2.45, 2.75) is 51.8 Å². The van der Waals surface area contributed by atoms with Gasteiger partial charge in [-0.1, -0.05) is 41.7 Å². The summed E-state index contributed by atoms with van der Waals surface area (Å²) >= 11 is 3.46. The van der Waals surface area contributed by atoms with Crippen molar-refractivity contribution in [3.05, 3.63) is 88.5 Å². The lowest BCUT2D eigenvalue weighted by Gasteiger charge is -2.36.